The number of amides is 3. The Labute approximate surface area is 260 Å². The zero-order valence-corrected chi connectivity index (χ0v) is 26.2. The van der Waals surface area contributed by atoms with Crippen molar-refractivity contribution in [3.63, 3.8) is 0 Å². The fourth-order valence-corrected chi connectivity index (χ4v) is 6.65. The average Bonchev–Trinajstić information content (AvgIpc) is 3.50. The van der Waals surface area contributed by atoms with E-state index in [1.54, 1.807) is 20.8 Å². The van der Waals surface area contributed by atoms with E-state index < -0.39 is 56.7 Å². The lowest BCUT2D eigenvalue weighted by Gasteiger charge is -2.32. The van der Waals surface area contributed by atoms with Gasteiger partial charge in [-0.05, 0) is 92.3 Å². The summed E-state index contributed by atoms with van der Waals surface area (Å²) in [5, 5.41) is 4.66. The number of aryl methyl sites for hydroxylation is 1. The van der Waals surface area contributed by atoms with Gasteiger partial charge in [0.05, 0.1) is 29.0 Å². The highest BCUT2D eigenvalue weighted by Gasteiger charge is 2.38. The lowest BCUT2D eigenvalue weighted by Crippen LogP contribution is -2.38. The minimum atomic E-state index is -3.83. The van der Waals surface area contributed by atoms with Crippen LogP contribution in [0.2, 0.25) is 0 Å². The molecule has 1 heterocycles. The minimum Gasteiger partial charge on any atom is -0.453 e. The Morgan fingerprint density at radius 1 is 1.04 bits per heavy atom. The van der Waals surface area contributed by atoms with Gasteiger partial charge in [-0.2, -0.15) is 0 Å². The molecule has 0 bridgehead atoms. The Balaban J connectivity index is 1.84. The van der Waals surface area contributed by atoms with Crippen LogP contribution in [0.3, 0.4) is 0 Å². The van der Waals surface area contributed by atoms with Crippen LogP contribution in [0.1, 0.15) is 72.7 Å². The number of hydrogen-bond acceptors (Lipinski definition) is 7. The summed E-state index contributed by atoms with van der Waals surface area (Å²) in [6.07, 6.45) is 0.492. The van der Waals surface area contributed by atoms with Gasteiger partial charge in [0, 0.05) is 17.8 Å². The third-order valence-electron chi connectivity index (χ3n) is 7.85. The van der Waals surface area contributed by atoms with Crippen molar-refractivity contribution in [3.05, 3.63) is 88.5 Å². The van der Waals surface area contributed by atoms with Crippen molar-refractivity contribution in [1.82, 2.24) is 4.90 Å². The van der Waals surface area contributed by atoms with Gasteiger partial charge in [-0.25, -0.2) is 22.0 Å². The molecule has 1 aliphatic heterocycles. The Bertz CT molecular complexity index is 1730. The predicted octanol–water partition coefficient (Wildman–Crippen LogP) is 5.50. The molecule has 0 saturated carbocycles. The van der Waals surface area contributed by atoms with E-state index in [4.69, 9.17) is 5.73 Å². The van der Waals surface area contributed by atoms with Gasteiger partial charge in [0.15, 0.2) is 9.84 Å². The molecule has 1 saturated heterocycles. The third-order valence-corrected chi connectivity index (χ3v) is 10.1. The van der Waals surface area contributed by atoms with Gasteiger partial charge in [-0.1, -0.05) is 19.1 Å². The van der Waals surface area contributed by atoms with Crippen molar-refractivity contribution in [1.29, 1.82) is 0 Å². The monoisotopic (exact) mass is 642 g/mol. The summed E-state index contributed by atoms with van der Waals surface area (Å²) in [4.78, 5) is 39.8. The second-order valence-electron chi connectivity index (χ2n) is 11.0. The predicted molar refractivity (Wildman–Crippen MR) is 166 cm³/mol. The van der Waals surface area contributed by atoms with E-state index >= 15 is 4.39 Å². The van der Waals surface area contributed by atoms with Crippen LogP contribution in [-0.4, -0.2) is 50.1 Å². The smallest absolute Gasteiger partial charge is 0.411 e. The Kier molecular flexibility index (Phi) is 10.1. The molecule has 0 aromatic heterocycles. The second-order valence-corrected chi connectivity index (χ2v) is 13.5. The molecule has 0 spiro atoms. The Hall–Kier alpha value is -4.52. The molecule has 240 valence electrons. The molecule has 2 atom stereocenters. The van der Waals surface area contributed by atoms with E-state index in [-0.39, 0.29) is 28.4 Å². The third kappa shape index (κ3) is 7.08. The quantitative estimate of drug-likeness (QED) is 0.264. The van der Waals surface area contributed by atoms with Crippen molar-refractivity contribution in [2.45, 2.75) is 62.3 Å². The molecule has 10 nitrogen and oxygen atoms in total. The highest BCUT2D eigenvalue weighted by molar-refractivity contribution is 7.92. The van der Waals surface area contributed by atoms with E-state index in [9.17, 15) is 27.2 Å². The van der Waals surface area contributed by atoms with Crippen molar-refractivity contribution >= 4 is 39.1 Å². The number of primary amides is 1. The molecule has 3 amide bonds. The molecule has 3 aromatic rings. The number of carbonyl (C=O) groups is 3. The molecule has 0 unspecified atom stereocenters. The number of carbonyl (C=O) groups excluding carboxylic acids is 3. The van der Waals surface area contributed by atoms with Crippen LogP contribution in [0.15, 0.2) is 59.5 Å². The zero-order chi connectivity index (χ0) is 33.1. The van der Waals surface area contributed by atoms with E-state index in [2.05, 4.69) is 15.4 Å². The van der Waals surface area contributed by atoms with Gasteiger partial charge in [-0.15, -0.1) is 0 Å². The first-order chi connectivity index (χ1) is 21.3. The van der Waals surface area contributed by atoms with Crippen LogP contribution >= 0.6 is 0 Å². The van der Waals surface area contributed by atoms with Crippen molar-refractivity contribution < 1.29 is 36.3 Å². The molecule has 0 aliphatic carbocycles. The van der Waals surface area contributed by atoms with Gasteiger partial charge >= 0.3 is 6.09 Å². The summed E-state index contributed by atoms with van der Waals surface area (Å²) >= 11 is 0. The van der Waals surface area contributed by atoms with E-state index in [1.165, 1.54) is 60.5 Å². The van der Waals surface area contributed by atoms with Crippen LogP contribution in [0.5, 0.6) is 0 Å². The van der Waals surface area contributed by atoms with Gasteiger partial charge in [0.25, 0.3) is 0 Å². The summed E-state index contributed by atoms with van der Waals surface area (Å²) < 4.78 is 61.1. The van der Waals surface area contributed by atoms with Crippen LogP contribution in [0.4, 0.5) is 25.0 Å². The fraction of sp³-hybridized carbons (Fsp3) is 0.344. The molecular formula is C32H36F2N4O6S. The molecule has 45 heavy (non-hydrogen) atoms. The first-order valence-corrected chi connectivity index (χ1v) is 16.0. The normalized spacial score (nSPS) is 15.5. The van der Waals surface area contributed by atoms with Crippen molar-refractivity contribution in [2.75, 3.05) is 24.3 Å². The Morgan fingerprint density at radius 2 is 1.76 bits per heavy atom. The molecule has 1 fully saturated rings. The molecule has 4 N–H and O–H groups in total. The zero-order valence-electron chi connectivity index (χ0n) is 25.4. The maximum atomic E-state index is 15.0. The lowest BCUT2D eigenvalue weighted by molar-refractivity contribution is -0.133. The maximum Gasteiger partial charge on any atom is 0.411 e. The number of halogens is 2. The number of likely N-dealkylation sites (tertiary alicyclic amines) is 1. The van der Waals surface area contributed by atoms with Crippen molar-refractivity contribution in [3.8, 4) is 0 Å². The van der Waals surface area contributed by atoms with Crippen LogP contribution in [-0.2, 0) is 25.8 Å². The number of nitrogens with two attached hydrogens (primary N) is 1. The van der Waals surface area contributed by atoms with Crippen LogP contribution < -0.4 is 16.4 Å². The number of hydrogen-bond donors (Lipinski definition) is 3. The van der Waals surface area contributed by atoms with Gasteiger partial charge < -0.3 is 20.7 Å². The van der Waals surface area contributed by atoms with Crippen molar-refractivity contribution in [2.24, 2.45) is 5.73 Å². The summed E-state index contributed by atoms with van der Waals surface area (Å²) in [5.74, 6) is -2.54. The number of methoxy groups -OCH3 is 1. The van der Waals surface area contributed by atoms with Crippen LogP contribution in [0, 0.1) is 11.6 Å². The second kappa shape index (κ2) is 13.6. The highest BCUT2D eigenvalue weighted by atomic mass is 32.2. The first-order valence-electron chi connectivity index (χ1n) is 14.5. The van der Waals surface area contributed by atoms with E-state index in [1.807, 2.05) is 0 Å². The highest BCUT2D eigenvalue weighted by Crippen LogP contribution is 2.40. The number of sulfone groups is 1. The standard InChI is InChI=1S/C32H36F2N4O6S/c1-5-19-15-20(8-11-24(19)33)29(37-26-16-21(30(35)39)9-12-25(26)34)31(40)38-14-6-7-27(38)23-17-22(36-32(41)44-4)10-13-28(23)45(42,43)18(2)3/h8-13,15-18,27,29,37H,5-7,14H2,1-4H3,(H2,35,39)(H,36,41)/t27-,29+/m1/s1. The van der Waals surface area contributed by atoms with Gasteiger partial charge in [0.1, 0.15) is 17.7 Å². The summed E-state index contributed by atoms with van der Waals surface area (Å²) in [7, 11) is -2.64. The minimum absolute atomic E-state index is 0.0101. The average molecular weight is 643 g/mol. The van der Waals surface area contributed by atoms with E-state index in [0.29, 0.717) is 36.0 Å². The number of ether oxygens (including phenoxy) is 1. The summed E-state index contributed by atoms with van der Waals surface area (Å²) in [5.41, 5.74) is 6.49. The summed E-state index contributed by atoms with van der Waals surface area (Å²) in [6, 6.07) is 9.97. The number of benzene rings is 3. The molecule has 0 radical (unpaired) electrons. The Morgan fingerprint density at radius 3 is 2.40 bits per heavy atom. The fourth-order valence-electron chi connectivity index (χ4n) is 5.37. The van der Waals surface area contributed by atoms with Gasteiger partial charge in [0.2, 0.25) is 11.8 Å². The van der Waals surface area contributed by atoms with Gasteiger partial charge in [-0.3, -0.25) is 14.9 Å². The van der Waals surface area contributed by atoms with E-state index in [0.717, 1.165) is 6.07 Å². The molecule has 13 heteroatoms. The number of anilines is 2. The SMILES string of the molecule is CCc1cc([C@H](Nc2cc(C(N)=O)ccc2F)C(=O)N2CCC[C@@H]2c2cc(NC(=O)OC)ccc2S(=O)(=O)C(C)C)ccc1F. The molecule has 4 rings (SSSR count). The summed E-state index contributed by atoms with van der Waals surface area (Å²) in [6.45, 7) is 5.09. The molecular weight excluding hydrogens is 606 g/mol. The first kappa shape index (κ1) is 33.4. The number of rotatable bonds is 10. The van der Waals surface area contributed by atoms with Crippen LogP contribution in [0.25, 0.3) is 0 Å². The maximum absolute atomic E-state index is 15.0. The molecule has 1 aliphatic rings. The topological polar surface area (TPSA) is 148 Å². The number of nitrogens with zero attached hydrogens (tertiary/aromatic N) is 1. The number of nitrogens with one attached hydrogen (secondary N) is 2. The lowest BCUT2D eigenvalue weighted by atomic mass is 9.98. The largest absolute Gasteiger partial charge is 0.453 e. The molecule has 3 aromatic carbocycles.